The van der Waals surface area contributed by atoms with E-state index in [4.69, 9.17) is 0 Å². The Kier molecular flexibility index (Phi) is 4.50. The molecule has 0 saturated heterocycles. The van der Waals surface area contributed by atoms with Crippen molar-refractivity contribution in [2.45, 2.75) is 44.2 Å². The molecule has 2 aromatic rings. The quantitative estimate of drug-likeness (QED) is 0.897. The van der Waals surface area contributed by atoms with Gasteiger partial charge in [-0.15, -0.1) is 0 Å². The number of nitrogens with zero attached hydrogens (tertiary/aromatic N) is 3. The van der Waals surface area contributed by atoms with Gasteiger partial charge in [0.25, 0.3) is 0 Å². The van der Waals surface area contributed by atoms with E-state index in [0.29, 0.717) is 17.9 Å². The highest BCUT2D eigenvalue weighted by Crippen LogP contribution is 2.33. The van der Waals surface area contributed by atoms with E-state index in [-0.39, 0.29) is 12.1 Å². The molecular weight excluding hydrogens is 323 g/mol. The number of hydrogen-bond acceptors (Lipinski definition) is 4. The summed E-state index contributed by atoms with van der Waals surface area (Å²) >= 11 is 0. The van der Waals surface area contributed by atoms with Gasteiger partial charge in [0.05, 0.1) is 18.3 Å². The molecule has 0 radical (unpaired) electrons. The highest BCUT2D eigenvalue weighted by molar-refractivity contribution is 5.91. The zero-order valence-corrected chi connectivity index (χ0v) is 12.7. The predicted molar refractivity (Wildman–Crippen MR) is 79.2 cm³/mol. The Morgan fingerprint density at radius 2 is 2.04 bits per heavy atom. The first-order valence-corrected chi connectivity index (χ1v) is 7.65. The minimum absolute atomic E-state index is 0.0473. The first-order chi connectivity index (χ1) is 11.4. The van der Waals surface area contributed by atoms with Crippen LogP contribution in [0, 0.1) is 0 Å². The number of halogens is 3. The van der Waals surface area contributed by atoms with Crippen molar-refractivity contribution in [3.05, 3.63) is 35.5 Å². The van der Waals surface area contributed by atoms with E-state index >= 15 is 0 Å². The van der Waals surface area contributed by atoms with Gasteiger partial charge in [0, 0.05) is 23.9 Å². The monoisotopic (exact) mass is 339 g/mol. The van der Waals surface area contributed by atoms with Crippen LogP contribution in [-0.2, 0) is 17.4 Å². The number of anilines is 1. The maximum absolute atomic E-state index is 12.6. The SMILES string of the molecule is O=C(Cc1cncc(C(F)(F)F)n1)Nc1cc(C2CCCC2)[nH]n1. The molecule has 1 fully saturated rings. The highest BCUT2D eigenvalue weighted by atomic mass is 19.4. The summed E-state index contributed by atoms with van der Waals surface area (Å²) in [6.07, 6.45) is 1.43. The van der Waals surface area contributed by atoms with E-state index in [1.807, 2.05) is 0 Å². The van der Waals surface area contributed by atoms with Gasteiger partial charge in [0.1, 0.15) is 0 Å². The van der Waals surface area contributed by atoms with Gasteiger partial charge < -0.3 is 5.32 Å². The summed E-state index contributed by atoms with van der Waals surface area (Å²) < 4.78 is 37.8. The van der Waals surface area contributed by atoms with Crippen LogP contribution < -0.4 is 5.32 Å². The molecule has 0 aromatic carbocycles. The zero-order chi connectivity index (χ0) is 17.2. The molecule has 1 amide bonds. The molecule has 2 aromatic heterocycles. The molecule has 2 N–H and O–H groups in total. The van der Waals surface area contributed by atoms with Gasteiger partial charge in [-0.2, -0.15) is 18.3 Å². The van der Waals surface area contributed by atoms with Crippen molar-refractivity contribution in [1.82, 2.24) is 20.2 Å². The minimum Gasteiger partial charge on any atom is -0.309 e. The lowest BCUT2D eigenvalue weighted by molar-refractivity contribution is -0.141. The molecule has 0 spiro atoms. The highest BCUT2D eigenvalue weighted by Gasteiger charge is 2.33. The van der Waals surface area contributed by atoms with Crippen molar-refractivity contribution in [3.8, 4) is 0 Å². The predicted octanol–water partition coefficient (Wildman–Crippen LogP) is 3.06. The summed E-state index contributed by atoms with van der Waals surface area (Å²) in [6, 6.07) is 1.77. The number of aromatic nitrogens is 4. The van der Waals surface area contributed by atoms with Crippen LogP contribution in [0.25, 0.3) is 0 Å². The summed E-state index contributed by atoms with van der Waals surface area (Å²) in [5.41, 5.74) is -0.188. The number of nitrogens with one attached hydrogen (secondary N) is 2. The Hall–Kier alpha value is -2.45. The van der Waals surface area contributed by atoms with Crippen molar-refractivity contribution < 1.29 is 18.0 Å². The molecular formula is C15H16F3N5O. The Balaban J connectivity index is 1.61. The molecule has 1 aliphatic rings. The Bertz CT molecular complexity index is 722. The third-order valence-corrected chi connectivity index (χ3v) is 3.98. The maximum atomic E-state index is 12.6. The van der Waals surface area contributed by atoms with Crippen LogP contribution in [0.5, 0.6) is 0 Å². The molecule has 6 nitrogen and oxygen atoms in total. The number of hydrogen-bond donors (Lipinski definition) is 2. The van der Waals surface area contributed by atoms with Gasteiger partial charge in [-0.25, -0.2) is 4.98 Å². The maximum Gasteiger partial charge on any atom is 0.434 e. The molecule has 0 aliphatic heterocycles. The van der Waals surface area contributed by atoms with Crippen molar-refractivity contribution in [1.29, 1.82) is 0 Å². The average molecular weight is 339 g/mol. The first kappa shape index (κ1) is 16.4. The number of amides is 1. The third-order valence-electron chi connectivity index (χ3n) is 3.98. The molecule has 0 unspecified atom stereocenters. The summed E-state index contributed by atoms with van der Waals surface area (Å²) in [6.45, 7) is 0. The second-order valence-electron chi connectivity index (χ2n) is 5.81. The fourth-order valence-electron chi connectivity index (χ4n) is 2.83. The number of rotatable bonds is 4. The largest absolute Gasteiger partial charge is 0.434 e. The lowest BCUT2D eigenvalue weighted by atomic mass is 10.0. The first-order valence-electron chi connectivity index (χ1n) is 7.65. The number of carbonyl (C=O) groups excluding carboxylic acids is 1. The molecule has 9 heteroatoms. The lowest BCUT2D eigenvalue weighted by Gasteiger charge is -2.07. The van der Waals surface area contributed by atoms with Gasteiger partial charge in [-0.05, 0) is 12.8 Å². The molecule has 0 atom stereocenters. The topological polar surface area (TPSA) is 83.6 Å². The van der Waals surface area contributed by atoms with Crippen LogP contribution in [0.2, 0.25) is 0 Å². The van der Waals surface area contributed by atoms with E-state index in [1.54, 1.807) is 6.07 Å². The van der Waals surface area contributed by atoms with E-state index in [1.165, 1.54) is 12.8 Å². The second kappa shape index (κ2) is 6.58. The summed E-state index contributed by atoms with van der Waals surface area (Å²) in [7, 11) is 0. The van der Waals surface area contributed by atoms with Gasteiger partial charge in [-0.1, -0.05) is 12.8 Å². The standard InChI is InChI=1S/C15H16F3N5O/c16-15(17,18)12-8-19-7-10(20-12)5-14(24)21-13-6-11(22-23-13)9-3-1-2-4-9/h6-9H,1-5H2,(H2,21,22,23,24). The third kappa shape index (κ3) is 3.90. The summed E-state index contributed by atoms with van der Waals surface area (Å²) in [5, 5.41) is 9.49. The average Bonchev–Trinajstić information content (AvgIpc) is 3.17. The normalized spacial score (nSPS) is 15.6. The smallest absolute Gasteiger partial charge is 0.309 e. The van der Waals surface area contributed by atoms with Crippen LogP contribution >= 0.6 is 0 Å². The Labute approximate surface area is 135 Å². The zero-order valence-electron chi connectivity index (χ0n) is 12.7. The van der Waals surface area contributed by atoms with Crippen LogP contribution in [0.3, 0.4) is 0 Å². The molecule has 2 heterocycles. The Morgan fingerprint density at radius 1 is 1.29 bits per heavy atom. The van der Waals surface area contributed by atoms with Gasteiger partial charge in [-0.3, -0.25) is 14.9 Å². The summed E-state index contributed by atoms with van der Waals surface area (Å²) in [4.78, 5) is 18.9. The molecule has 1 aliphatic carbocycles. The van der Waals surface area contributed by atoms with Crippen LogP contribution in [-0.4, -0.2) is 26.1 Å². The fourth-order valence-corrected chi connectivity index (χ4v) is 2.83. The lowest BCUT2D eigenvalue weighted by Crippen LogP contribution is -2.17. The van der Waals surface area contributed by atoms with Gasteiger partial charge in [0.15, 0.2) is 11.5 Å². The summed E-state index contributed by atoms with van der Waals surface area (Å²) in [5.74, 6) is 0.299. The minimum atomic E-state index is -4.59. The molecule has 128 valence electrons. The fraction of sp³-hybridized carbons (Fsp3) is 0.467. The number of H-pyrrole nitrogens is 1. The van der Waals surface area contributed by atoms with E-state index in [9.17, 15) is 18.0 Å². The van der Waals surface area contributed by atoms with Gasteiger partial charge in [0.2, 0.25) is 5.91 Å². The number of aromatic amines is 1. The van der Waals surface area contributed by atoms with Crippen molar-refractivity contribution in [2.24, 2.45) is 0 Å². The number of carbonyl (C=O) groups is 1. The second-order valence-corrected chi connectivity index (χ2v) is 5.81. The number of alkyl halides is 3. The molecule has 24 heavy (non-hydrogen) atoms. The molecule has 0 bridgehead atoms. The Morgan fingerprint density at radius 3 is 2.75 bits per heavy atom. The van der Waals surface area contributed by atoms with Crippen molar-refractivity contribution in [2.75, 3.05) is 5.32 Å². The van der Waals surface area contributed by atoms with Gasteiger partial charge >= 0.3 is 6.18 Å². The van der Waals surface area contributed by atoms with Crippen molar-refractivity contribution in [3.63, 3.8) is 0 Å². The van der Waals surface area contributed by atoms with Crippen LogP contribution in [0.15, 0.2) is 18.5 Å². The van der Waals surface area contributed by atoms with Crippen LogP contribution in [0.4, 0.5) is 19.0 Å². The molecule has 1 saturated carbocycles. The molecule has 3 rings (SSSR count). The van der Waals surface area contributed by atoms with E-state index in [0.717, 1.165) is 24.7 Å². The van der Waals surface area contributed by atoms with E-state index < -0.39 is 17.8 Å². The van der Waals surface area contributed by atoms with E-state index in [2.05, 4.69) is 25.5 Å². The van der Waals surface area contributed by atoms with Crippen LogP contribution in [0.1, 0.15) is 48.7 Å². The van der Waals surface area contributed by atoms with Crippen molar-refractivity contribution >= 4 is 11.7 Å².